The molecule has 5 rings (SSSR count). The summed E-state index contributed by atoms with van der Waals surface area (Å²) in [5.41, 5.74) is 6.89. The first-order valence-corrected chi connectivity index (χ1v) is 7.23. The molecule has 0 aromatic heterocycles. The first-order valence-electron chi connectivity index (χ1n) is 7.23. The van der Waals surface area contributed by atoms with E-state index in [9.17, 15) is 4.79 Å². The van der Waals surface area contributed by atoms with E-state index in [0.717, 1.165) is 31.7 Å². The maximum atomic E-state index is 12.1. The van der Waals surface area contributed by atoms with Crippen molar-refractivity contribution in [3.63, 3.8) is 0 Å². The maximum absolute atomic E-state index is 12.1. The van der Waals surface area contributed by atoms with Gasteiger partial charge in [-0.1, -0.05) is 6.42 Å². The molecular weight excluding hydrogens is 212 g/mol. The van der Waals surface area contributed by atoms with Crippen LogP contribution in [0.15, 0.2) is 0 Å². The molecule has 1 saturated heterocycles. The van der Waals surface area contributed by atoms with Crippen molar-refractivity contribution in [2.45, 2.75) is 62.4 Å². The van der Waals surface area contributed by atoms with Gasteiger partial charge in [0, 0.05) is 24.0 Å². The lowest BCUT2D eigenvalue weighted by Crippen LogP contribution is -2.56. The van der Waals surface area contributed by atoms with Crippen molar-refractivity contribution >= 4 is 5.91 Å². The highest BCUT2D eigenvalue weighted by Crippen LogP contribution is 2.62. The Morgan fingerprint density at radius 1 is 1.29 bits per heavy atom. The van der Waals surface area contributed by atoms with Gasteiger partial charge in [0.05, 0.1) is 0 Å². The predicted octanol–water partition coefficient (Wildman–Crippen LogP) is 1.66. The van der Waals surface area contributed by atoms with E-state index in [-0.39, 0.29) is 11.1 Å². The van der Waals surface area contributed by atoms with E-state index in [1.165, 1.54) is 32.1 Å². The third-order valence-corrected chi connectivity index (χ3v) is 6.18. The topological polar surface area (TPSA) is 46.3 Å². The van der Waals surface area contributed by atoms with Crippen LogP contribution in [0.1, 0.15) is 51.4 Å². The first kappa shape index (κ1) is 10.4. The average Bonchev–Trinajstić information content (AvgIpc) is 2.84. The summed E-state index contributed by atoms with van der Waals surface area (Å²) in [4.78, 5) is 14.4. The highest BCUT2D eigenvalue weighted by atomic mass is 16.2. The van der Waals surface area contributed by atoms with Gasteiger partial charge in [-0.25, -0.2) is 0 Å². The second kappa shape index (κ2) is 3.05. The minimum absolute atomic E-state index is 0.0734. The van der Waals surface area contributed by atoms with Gasteiger partial charge in [-0.3, -0.25) is 4.79 Å². The molecule has 4 unspecified atom stereocenters. The van der Waals surface area contributed by atoms with E-state index >= 15 is 0 Å². The lowest BCUT2D eigenvalue weighted by atomic mass is 9.74. The van der Waals surface area contributed by atoms with Crippen molar-refractivity contribution < 1.29 is 4.79 Å². The van der Waals surface area contributed by atoms with Gasteiger partial charge in [-0.15, -0.1) is 0 Å². The van der Waals surface area contributed by atoms with Crippen LogP contribution in [-0.4, -0.2) is 28.4 Å². The quantitative estimate of drug-likeness (QED) is 0.750. The number of carbonyl (C=O) groups excluding carboxylic acids is 1. The van der Waals surface area contributed by atoms with Crippen molar-refractivity contribution in [1.29, 1.82) is 0 Å². The minimum Gasteiger partial charge on any atom is -0.337 e. The van der Waals surface area contributed by atoms with Crippen LogP contribution in [0.3, 0.4) is 0 Å². The van der Waals surface area contributed by atoms with E-state index < -0.39 is 0 Å². The van der Waals surface area contributed by atoms with Gasteiger partial charge >= 0.3 is 0 Å². The lowest BCUT2D eigenvalue weighted by Gasteiger charge is -2.46. The zero-order chi connectivity index (χ0) is 11.7. The molecule has 4 saturated carbocycles. The number of likely N-dealkylation sites (tertiary alicyclic amines) is 1. The molecule has 5 fully saturated rings. The van der Waals surface area contributed by atoms with Gasteiger partial charge in [-0.2, -0.15) is 0 Å². The smallest absolute Gasteiger partial charge is 0.223 e. The number of hydrogen-bond acceptors (Lipinski definition) is 2. The molecule has 1 amide bonds. The van der Waals surface area contributed by atoms with Crippen molar-refractivity contribution in [3.05, 3.63) is 0 Å². The Labute approximate surface area is 103 Å². The number of nitrogens with two attached hydrogens (primary N) is 1. The second-order valence-corrected chi connectivity index (χ2v) is 6.89. The normalized spacial score (nSPS) is 52.5. The molecule has 3 nitrogen and oxygen atoms in total. The summed E-state index contributed by atoms with van der Waals surface area (Å²) in [6.45, 7) is 0.996. The third-order valence-electron chi connectivity index (χ3n) is 6.18. The first-order chi connectivity index (χ1) is 8.14. The zero-order valence-electron chi connectivity index (χ0n) is 10.5. The maximum Gasteiger partial charge on any atom is 0.223 e. The largest absolute Gasteiger partial charge is 0.337 e. The molecule has 0 spiro atoms. The van der Waals surface area contributed by atoms with Gasteiger partial charge in [-0.05, 0) is 50.4 Å². The summed E-state index contributed by atoms with van der Waals surface area (Å²) < 4.78 is 0. The summed E-state index contributed by atoms with van der Waals surface area (Å²) in [5.74, 6) is 1.86. The Morgan fingerprint density at radius 3 is 2.82 bits per heavy atom. The number of amides is 1. The summed E-state index contributed by atoms with van der Waals surface area (Å²) in [5, 5.41) is 0. The number of fused-ring (bicyclic) bond motifs is 2. The molecule has 0 radical (unpaired) electrons. The molecule has 1 heterocycles. The van der Waals surface area contributed by atoms with Crippen molar-refractivity contribution in [1.82, 2.24) is 4.90 Å². The van der Waals surface area contributed by atoms with E-state index in [0.29, 0.717) is 11.8 Å². The number of hydrogen-bond donors (Lipinski definition) is 1. The van der Waals surface area contributed by atoms with Crippen LogP contribution in [0.2, 0.25) is 0 Å². The fourth-order valence-corrected chi connectivity index (χ4v) is 5.55. The number of nitrogens with zero attached hydrogens (tertiary/aromatic N) is 1. The van der Waals surface area contributed by atoms with Crippen molar-refractivity contribution in [2.24, 2.45) is 17.6 Å². The van der Waals surface area contributed by atoms with Crippen LogP contribution < -0.4 is 5.73 Å². The van der Waals surface area contributed by atoms with Gasteiger partial charge in [0.25, 0.3) is 0 Å². The molecule has 4 aliphatic carbocycles. The molecule has 5 aliphatic rings. The fraction of sp³-hybridized carbons (Fsp3) is 0.929. The summed E-state index contributed by atoms with van der Waals surface area (Å²) >= 11 is 0. The third kappa shape index (κ3) is 1.14. The van der Waals surface area contributed by atoms with Crippen LogP contribution in [-0.2, 0) is 4.79 Å². The zero-order valence-corrected chi connectivity index (χ0v) is 10.5. The molecule has 4 atom stereocenters. The van der Waals surface area contributed by atoms with Crippen LogP contribution in [0, 0.1) is 11.8 Å². The molecule has 0 aromatic carbocycles. The van der Waals surface area contributed by atoms with E-state index in [4.69, 9.17) is 5.73 Å². The Balaban J connectivity index is 1.76. The predicted molar refractivity (Wildman–Crippen MR) is 65.3 cm³/mol. The van der Waals surface area contributed by atoms with Gasteiger partial charge in [0.15, 0.2) is 0 Å². The molecule has 2 N–H and O–H groups in total. The van der Waals surface area contributed by atoms with E-state index in [1.807, 2.05) is 0 Å². The molecule has 1 aliphatic heterocycles. The average molecular weight is 234 g/mol. The van der Waals surface area contributed by atoms with Crippen molar-refractivity contribution in [3.8, 4) is 0 Å². The highest BCUT2D eigenvalue weighted by Gasteiger charge is 2.65. The standard InChI is InChI=1S/C14H22N2O/c15-13-8-11-7-10(13)3-1-5-14(11,9-13)16-6-2-4-12(16)17/h10-11H,1-9,15H2. The number of carbonyl (C=O) groups is 1. The molecule has 4 bridgehead atoms. The number of rotatable bonds is 1. The van der Waals surface area contributed by atoms with Gasteiger partial charge in [0.2, 0.25) is 5.91 Å². The molecule has 94 valence electrons. The summed E-state index contributed by atoms with van der Waals surface area (Å²) in [6, 6.07) is 0. The van der Waals surface area contributed by atoms with Crippen LogP contribution >= 0.6 is 0 Å². The van der Waals surface area contributed by atoms with E-state index in [2.05, 4.69) is 4.90 Å². The van der Waals surface area contributed by atoms with Crippen molar-refractivity contribution in [2.75, 3.05) is 6.54 Å². The Morgan fingerprint density at radius 2 is 2.18 bits per heavy atom. The second-order valence-electron chi connectivity index (χ2n) is 6.89. The summed E-state index contributed by atoms with van der Waals surface area (Å²) in [6.07, 6.45) is 9.21. The minimum atomic E-state index is 0.0734. The highest BCUT2D eigenvalue weighted by molar-refractivity contribution is 5.79. The SMILES string of the molecule is NC12CC3CC1CCCC3(N1CCCC1=O)C2. The van der Waals surface area contributed by atoms with Gasteiger partial charge < -0.3 is 10.6 Å². The Hall–Kier alpha value is -0.570. The fourth-order valence-electron chi connectivity index (χ4n) is 5.55. The van der Waals surface area contributed by atoms with Crippen LogP contribution in [0.25, 0.3) is 0 Å². The summed E-state index contributed by atoms with van der Waals surface area (Å²) in [7, 11) is 0. The monoisotopic (exact) mass is 234 g/mol. The Bertz CT molecular complexity index is 382. The van der Waals surface area contributed by atoms with Crippen LogP contribution in [0.4, 0.5) is 0 Å². The molecule has 3 heteroatoms. The molecule has 17 heavy (non-hydrogen) atoms. The Kier molecular flexibility index (Phi) is 1.86. The molecule has 0 aromatic rings. The lowest BCUT2D eigenvalue weighted by molar-refractivity contribution is -0.135. The van der Waals surface area contributed by atoms with E-state index in [1.54, 1.807) is 0 Å². The molecular formula is C14H22N2O. The van der Waals surface area contributed by atoms with Crippen LogP contribution in [0.5, 0.6) is 0 Å². The van der Waals surface area contributed by atoms with Gasteiger partial charge in [0.1, 0.15) is 0 Å².